The fourth-order valence-electron chi connectivity index (χ4n) is 6.37. The number of hydrogen-bond donors (Lipinski definition) is 1. The monoisotopic (exact) mass is 646 g/mol. The number of thiazole rings is 1. The first-order valence-corrected chi connectivity index (χ1v) is 16.4. The zero-order valence-corrected chi connectivity index (χ0v) is 28.1. The first kappa shape index (κ1) is 31.6. The largest absolute Gasteiger partial charge is 0.479 e. The average Bonchev–Trinajstić information content (AvgIpc) is 3.71. The van der Waals surface area contributed by atoms with Gasteiger partial charge in [-0.25, -0.2) is 9.78 Å². The predicted octanol–water partition coefficient (Wildman–Crippen LogP) is 7.86. The summed E-state index contributed by atoms with van der Waals surface area (Å²) in [6.07, 6.45) is -0.0930. The number of carbonyl (C=O) groups is 1. The first-order valence-electron chi connectivity index (χ1n) is 15.2. The molecule has 1 fully saturated rings. The average molecular weight is 647 g/mol. The van der Waals surface area contributed by atoms with E-state index in [0.29, 0.717) is 16.5 Å². The Hall–Kier alpha value is -3.34. The second-order valence-electron chi connectivity index (χ2n) is 12.8. The third-order valence-electron chi connectivity index (χ3n) is 8.42. The van der Waals surface area contributed by atoms with E-state index < -0.39 is 17.7 Å². The van der Waals surface area contributed by atoms with E-state index in [2.05, 4.69) is 23.1 Å². The van der Waals surface area contributed by atoms with Crippen LogP contribution in [-0.4, -0.2) is 69.7 Å². The maximum Gasteiger partial charge on any atom is 0.337 e. The lowest BCUT2D eigenvalue weighted by Crippen LogP contribution is -2.28. The van der Waals surface area contributed by atoms with Crippen LogP contribution in [-0.2, 0) is 21.3 Å². The lowest BCUT2D eigenvalue weighted by molar-refractivity contribution is -0.160. The lowest BCUT2D eigenvalue weighted by Gasteiger charge is -2.28. The second-order valence-corrected chi connectivity index (χ2v) is 14.3. The van der Waals surface area contributed by atoms with Gasteiger partial charge in [0.25, 0.3) is 0 Å². The number of carboxylic acids is 1. The fourth-order valence-corrected chi connectivity index (χ4v) is 7.62. The van der Waals surface area contributed by atoms with Crippen molar-refractivity contribution in [2.24, 2.45) is 7.05 Å². The highest BCUT2D eigenvalue weighted by molar-refractivity contribution is 7.22. The number of likely N-dealkylation sites (tertiary alicyclic amines) is 1. The van der Waals surface area contributed by atoms with Crippen LogP contribution in [0.4, 0.5) is 0 Å². The van der Waals surface area contributed by atoms with E-state index in [1.807, 2.05) is 69.8 Å². The minimum Gasteiger partial charge on any atom is -0.479 e. The number of methoxy groups -OCH3 is 1. The Morgan fingerprint density at radius 3 is 2.58 bits per heavy atom. The van der Waals surface area contributed by atoms with Crippen molar-refractivity contribution < 1.29 is 19.4 Å². The van der Waals surface area contributed by atoms with Gasteiger partial charge in [0, 0.05) is 60.3 Å². The summed E-state index contributed by atoms with van der Waals surface area (Å²) in [4.78, 5) is 20.2. The summed E-state index contributed by atoms with van der Waals surface area (Å²) in [5, 5.41) is 18.0. The van der Waals surface area contributed by atoms with Gasteiger partial charge in [-0.1, -0.05) is 23.7 Å². The minimum atomic E-state index is -1.16. The number of fused-ring (bicyclic) bond motifs is 2. The van der Waals surface area contributed by atoms with Gasteiger partial charge in [0.05, 0.1) is 33.6 Å². The van der Waals surface area contributed by atoms with Crippen LogP contribution < -0.4 is 0 Å². The zero-order valence-electron chi connectivity index (χ0n) is 26.6. The van der Waals surface area contributed by atoms with Crippen molar-refractivity contribution in [3.8, 4) is 21.7 Å². The number of halogens is 1. The number of rotatable bonds is 9. The summed E-state index contributed by atoms with van der Waals surface area (Å²) in [5.41, 5.74) is 6.49. The van der Waals surface area contributed by atoms with Gasteiger partial charge in [0.1, 0.15) is 5.01 Å². The molecule has 1 aliphatic rings. The quantitative estimate of drug-likeness (QED) is 0.174. The van der Waals surface area contributed by atoms with Gasteiger partial charge >= 0.3 is 5.97 Å². The number of hydrogen-bond acceptors (Lipinski definition) is 7. The minimum absolute atomic E-state index is 0.355. The van der Waals surface area contributed by atoms with Gasteiger partial charge in [0.15, 0.2) is 6.10 Å². The van der Waals surface area contributed by atoms with Crippen LogP contribution in [0.25, 0.3) is 42.8 Å². The summed E-state index contributed by atoms with van der Waals surface area (Å²) in [5.74, 6) is -0.678. The number of ether oxygens (including phenoxy) is 2. The van der Waals surface area contributed by atoms with Crippen molar-refractivity contribution >= 4 is 50.0 Å². The molecule has 8 nitrogen and oxygen atoms in total. The fraction of sp³-hybridized carbons (Fsp3) is 0.400. The number of aromatic nitrogens is 3. The molecular weight excluding hydrogens is 608 g/mol. The van der Waals surface area contributed by atoms with E-state index in [1.165, 1.54) is 0 Å². The highest BCUT2D eigenvalue weighted by Crippen LogP contribution is 2.45. The normalized spacial score (nSPS) is 16.6. The Morgan fingerprint density at radius 2 is 1.89 bits per heavy atom. The lowest BCUT2D eigenvalue weighted by atomic mass is 9.91. The number of benzene rings is 3. The third-order valence-corrected chi connectivity index (χ3v) is 9.80. The molecule has 0 amide bonds. The Balaban J connectivity index is 1.49. The number of nitrogens with zero attached hydrogens (tertiary/aromatic N) is 4. The highest BCUT2D eigenvalue weighted by atomic mass is 35.5. The molecule has 5 aromatic rings. The number of aryl methyl sites for hydroxylation is 2. The van der Waals surface area contributed by atoms with Crippen molar-refractivity contribution in [2.75, 3.05) is 33.4 Å². The molecule has 3 aromatic carbocycles. The Bertz CT molecular complexity index is 1880. The maximum absolute atomic E-state index is 12.7. The molecule has 3 heterocycles. The molecular formula is C35H39ClN4O4S. The van der Waals surface area contributed by atoms with Crippen molar-refractivity contribution in [1.29, 1.82) is 0 Å². The van der Waals surface area contributed by atoms with Crippen molar-refractivity contribution in [1.82, 2.24) is 19.7 Å². The molecule has 0 aliphatic carbocycles. The van der Waals surface area contributed by atoms with Crippen molar-refractivity contribution in [3.63, 3.8) is 0 Å². The topological polar surface area (TPSA) is 89.7 Å². The molecule has 1 N–H and O–H groups in total. The predicted molar refractivity (Wildman–Crippen MR) is 181 cm³/mol. The van der Waals surface area contributed by atoms with E-state index in [9.17, 15) is 9.90 Å². The van der Waals surface area contributed by atoms with Gasteiger partial charge in [-0.05, 0) is 88.2 Å². The van der Waals surface area contributed by atoms with E-state index in [-0.39, 0.29) is 0 Å². The van der Waals surface area contributed by atoms with Gasteiger partial charge in [-0.15, -0.1) is 11.3 Å². The molecule has 0 spiro atoms. The maximum atomic E-state index is 12.7. The van der Waals surface area contributed by atoms with Gasteiger partial charge < -0.3 is 19.5 Å². The van der Waals surface area contributed by atoms with Gasteiger partial charge in [0.2, 0.25) is 0 Å². The van der Waals surface area contributed by atoms with Crippen molar-refractivity contribution in [3.05, 3.63) is 70.4 Å². The SMILES string of the molecule is COCCN1CCC(c2nn(C)c3ccc(-c4nc5cc(C)c(C(OC(C)(C)C)C(=O)O)c(-c6ccc(Cl)cc6)c5s4)cc23)C1. The number of aliphatic carboxylic acids is 1. The summed E-state index contributed by atoms with van der Waals surface area (Å²) in [6.45, 7) is 11.2. The summed E-state index contributed by atoms with van der Waals surface area (Å²) in [6, 6.07) is 15.9. The molecule has 2 aromatic heterocycles. The van der Waals surface area contributed by atoms with E-state index in [4.69, 9.17) is 31.2 Å². The van der Waals surface area contributed by atoms with Crippen LogP contribution in [0.3, 0.4) is 0 Å². The summed E-state index contributed by atoms with van der Waals surface area (Å²) < 4.78 is 14.4. The van der Waals surface area contributed by atoms with E-state index in [1.54, 1.807) is 18.4 Å². The molecule has 0 radical (unpaired) electrons. The van der Waals surface area contributed by atoms with Gasteiger partial charge in [-0.2, -0.15) is 5.10 Å². The molecule has 0 saturated carbocycles. The zero-order chi connectivity index (χ0) is 32.0. The molecule has 45 heavy (non-hydrogen) atoms. The third kappa shape index (κ3) is 6.37. The van der Waals surface area contributed by atoms with Crippen LogP contribution in [0, 0.1) is 6.92 Å². The Labute approximate surface area is 272 Å². The first-order chi connectivity index (χ1) is 21.4. The van der Waals surface area contributed by atoms with Gasteiger partial charge in [-0.3, -0.25) is 4.68 Å². The standard InChI is InChI=1S/C35H39ClN4O4S/c1-20-17-26-32(29(21-7-10-24(36)11-8-21)28(20)31(34(41)42)44-35(2,3)4)45-33(37-26)22-9-12-27-25(18-22)30(38-39(27)5)23-13-14-40(19-23)15-16-43-6/h7-12,17-18,23,31H,13-16,19H2,1-6H3,(H,41,42). The van der Waals surface area contributed by atoms with E-state index >= 15 is 0 Å². The molecule has 1 saturated heterocycles. The summed E-state index contributed by atoms with van der Waals surface area (Å²) in [7, 11) is 3.75. The van der Waals surface area contributed by atoms with Crippen LogP contribution in [0.1, 0.15) is 56.0 Å². The Kier molecular flexibility index (Phi) is 8.76. The second kappa shape index (κ2) is 12.5. The van der Waals surface area contributed by atoms with Crippen LogP contribution in [0.15, 0.2) is 48.5 Å². The molecule has 2 unspecified atom stereocenters. The van der Waals surface area contributed by atoms with Crippen molar-refractivity contribution in [2.45, 2.75) is 51.7 Å². The molecule has 6 rings (SSSR count). The highest BCUT2D eigenvalue weighted by Gasteiger charge is 2.33. The molecule has 1 aliphatic heterocycles. The molecule has 2 atom stereocenters. The molecule has 0 bridgehead atoms. The van der Waals surface area contributed by atoms with E-state index in [0.717, 1.165) is 86.7 Å². The van der Waals surface area contributed by atoms with Crippen LogP contribution in [0.5, 0.6) is 0 Å². The smallest absolute Gasteiger partial charge is 0.337 e. The van der Waals surface area contributed by atoms with Crippen LogP contribution in [0.2, 0.25) is 5.02 Å². The van der Waals surface area contributed by atoms with Crippen LogP contribution >= 0.6 is 22.9 Å². The molecule has 236 valence electrons. The Morgan fingerprint density at radius 1 is 1.16 bits per heavy atom. The summed E-state index contributed by atoms with van der Waals surface area (Å²) >= 11 is 7.84. The molecule has 10 heteroatoms. The number of carboxylic acid groups (broad SMARTS) is 1.